The maximum Gasteiger partial charge on any atom is 0.321 e. The molecule has 2 aliphatic heterocycles. The number of rotatable bonds is 3. The highest BCUT2D eigenvalue weighted by atomic mass is 16.2. The molecule has 0 bridgehead atoms. The van der Waals surface area contributed by atoms with E-state index in [9.17, 15) is 4.79 Å². The summed E-state index contributed by atoms with van der Waals surface area (Å²) in [6, 6.07) is 13.8. The van der Waals surface area contributed by atoms with Crippen LogP contribution < -0.4 is 10.6 Å². The molecule has 3 heterocycles. The normalized spacial score (nSPS) is 22.4. The molecule has 0 aliphatic carbocycles. The summed E-state index contributed by atoms with van der Waals surface area (Å²) in [4.78, 5) is 18.9. The van der Waals surface area contributed by atoms with Crippen LogP contribution in [0.4, 0.5) is 10.5 Å². The Morgan fingerprint density at radius 2 is 2.04 bits per heavy atom. The smallest absolute Gasteiger partial charge is 0.321 e. The molecule has 0 unspecified atom stereocenters. The first-order chi connectivity index (χ1) is 13.2. The van der Waals surface area contributed by atoms with Gasteiger partial charge in [0.1, 0.15) is 0 Å². The number of benzene rings is 1. The zero-order chi connectivity index (χ0) is 18.5. The highest BCUT2D eigenvalue weighted by Gasteiger charge is 2.39. The number of urea groups is 1. The molecule has 1 aromatic heterocycles. The third-order valence-corrected chi connectivity index (χ3v) is 5.58. The summed E-state index contributed by atoms with van der Waals surface area (Å²) in [7, 11) is 0. The van der Waals surface area contributed by atoms with Crippen LogP contribution in [0.2, 0.25) is 0 Å². The summed E-state index contributed by atoms with van der Waals surface area (Å²) >= 11 is 0. The average Bonchev–Trinajstić information content (AvgIpc) is 3.15. The van der Waals surface area contributed by atoms with Gasteiger partial charge in [-0.2, -0.15) is 0 Å². The third-order valence-electron chi connectivity index (χ3n) is 5.58. The van der Waals surface area contributed by atoms with Crippen LogP contribution in [0.15, 0.2) is 48.7 Å². The lowest BCUT2D eigenvalue weighted by atomic mass is 9.79. The first-order valence-corrected chi connectivity index (χ1v) is 9.68. The minimum Gasteiger partial charge on any atom is -0.324 e. The average molecular weight is 362 g/mol. The van der Waals surface area contributed by atoms with E-state index in [1.165, 1.54) is 12.8 Å². The summed E-state index contributed by atoms with van der Waals surface area (Å²) in [6.07, 6.45) is 9.28. The van der Waals surface area contributed by atoms with Gasteiger partial charge in [0.05, 0.1) is 5.69 Å². The van der Waals surface area contributed by atoms with Crippen molar-refractivity contribution in [2.24, 2.45) is 5.41 Å². The van der Waals surface area contributed by atoms with Gasteiger partial charge in [-0.05, 0) is 61.7 Å². The number of hydrogen-bond acceptors (Lipinski definition) is 3. The van der Waals surface area contributed by atoms with Crippen LogP contribution in [0.3, 0.4) is 0 Å². The molecule has 4 rings (SSSR count). The van der Waals surface area contributed by atoms with Gasteiger partial charge in [-0.1, -0.05) is 24.3 Å². The van der Waals surface area contributed by atoms with Crippen molar-refractivity contribution >= 4 is 23.9 Å². The Hall–Kier alpha value is -2.66. The van der Waals surface area contributed by atoms with Crippen molar-refractivity contribution in [1.82, 2.24) is 15.2 Å². The van der Waals surface area contributed by atoms with Gasteiger partial charge in [0, 0.05) is 36.9 Å². The van der Waals surface area contributed by atoms with E-state index >= 15 is 0 Å². The van der Waals surface area contributed by atoms with Crippen molar-refractivity contribution < 1.29 is 4.79 Å². The van der Waals surface area contributed by atoms with Crippen molar-refractivity contribution in [3.8, 4) is 0 Å². The van der Waals surface area contributed by atoms with Crippen LogP contribution in [-0.2, 0) is 0 Å². The lowest BCUT2D eigenvalue weighted by Gasteiger charge is -2.39. The molecule has 0 saturated carbocycles. The third kappa shape index (κ3) is 4.37. The highest BCUT2D eigenvalue weighted by Crippen LogP contribution is 2.35. The highest BCUT2D eigenvalue weighted by molar-refractivity contribution is 5.89. The Morgan fingerprint density at radius 1 is 1.15 bits per heavy atom. The number of aromatic nitrogens is 1. The number of hydrogen-bond donors (Lipinski definition) is 2. The standard InChI is InChI=1S/C22H26N4O/c27-21(26-15-3-11-22(17-26)12-14-23-16-22)25-20-9-6-18(7-10-20)5-8-19-4-1-2-13-24-19/h1-2,4-10,13,23H,3,11-12,14-17H2,(H,25,27)/b8-5+/t22-/m0/s1. The molecule has 2 aliphatic rings. The quantitative estimate of drug-likeness (QED) is 0.872. The van der Waals surface area contributed by atoms with Crippen LogP contribution in [0.25, 0.3) is 12.2 Å². The predicted octanol–water partition coefficient (Wildman–Crippen LogP) is 3.86. The fourth-order valence-electron chi connectivity index (χ4n) is 4.06. The molecule has 27 heavy (non-hydrogen) atoms. The lowest BCUT2D eigenvalue weighted by Crippen LogP contribution is -2.48. The van der Waals surface area contributed by atoms with Gasteiger partial charge in [-0.15, -0.1) is 0 Å². The summed E-state index contributed by atoms with van der Waals surface area (Å²) < 4.78 is 0. The van der Waals surface area contributed by atoms with Gasteiger partial charge in [-0.3, -0.25) is 4.98 Å². The number of nitrogens with zero attached hydrogens (tertiary/aromatic N) is 2. The van der Waals surface area contributed by atoms with Crippen molar-refractivity contribution in [3.63, 3.8) is 0 Å². The number of carbonyl (C=O) groups is 1. The Balaban J connectivity index is 1.35. The number of nitrogens with one attached hydrogen (secondary N) is 2. The summed E-state index contributed by atoms with van der Waals surface area (Å²) in [5.74, 6) is 0. The van der Waals surface area contributed by atoms with Crippen LogP contribution in [0, 0.1) is 5.41 Å². The van der Waals surface area contributed by atoms with E-state index in [2.05, 4.69) is 15.6 Å². The molecule has 1 spiro atoms. The molecular formula is C22H26N4O. The minimum atomic E-state index is 0.0118. The molecule has 5 nitrogen and oxygen atoms in total. The van der Waals surface area contributed by atoms with Crippen LogP contribution in [0.1, 0.15) is 30.5 Å². The van der Waals surface area contributed by atoms with E-state index in [4.69, 9.17) is 0 Å². The maximum atomic E-state index is 12.7. The Bertz CT molecular complexity index is 795. The monoisotopic (exact) mass is 362 g/mol. The number of piperidine rings is 1. The first kappa shape index (κ1) is 17.7. The molecular weight excluding hydrogens is 336 g/mol. The molecule has 2 saturated heterocycles. The predicted molar refractivity (Wildman–Crippen MR) is 109 cm³/mol. The number of pyridine rings is 1. The topological polar surface area (TPSA) is 57.3 Å². The molecule has 2 amide bonds. The second kappa shape index (κ2) is 7.92. The number of likely N-dealkylation sites (tertiary alicyclic amines) is 1. The number of anilines is 1. The van der Waals surface area contributed by atoms with Gasteiger partial charge < -0.3 is 15.5 Å². The zero-order valence-corrected chi connectivity index (χ0v) is 15.5. The van der Waals surface area contributed by atoms with E-state index in [1.807, 2.05) is 59.5 Å². The molecule has 1 atom stereocenters. The SMILES string of the molecule is O=C(Nc1ccc(/C=C/c2ccccn2)cc1)N1CCC[C@@]2(CCNC2)C1. The second-order valence-corrected chi connectivity index (χ2v) is 7.59. The first-order valence-electron chi connectivity index (χ1n) is 9.68. The minimum absolute atomic E-state index is 0.0118. The van der Waals surface area contributed by atoms with Gasteiger partial charge in [0.2, 0.25) is 0 Å². The van der Waals surface area contributed by atoms with Crippen molar-refractivity contribution in [1.29, 1.82) is 0 Å². The molecule has 2 aromatic rings. The Kier molecular flexibility index (Phi) is 5.21. The zero-order valence-electron chi connectivity index (χ0n) is 15.5. The van der Waals surface area contributed by atoms with Crippen LogP contribution in [-0.4, -0.2) is 42.1 Å². The van der Waals surface area contributed by atoms with Crippen molar-refractivity contribution in [2.45, 2.75) is 19.3 Å². The van der Waals surface area contributed by atoms with Crippen LogP contribution >= 0.6 is 0 Å². The van der Waals surface area contributed by atoms with Gasteiger partial charge in [0.25, 0.3) is 0 Å². The summed E-state index contributed by atoms with van der Waals surface area (Å²) in [5, 5.41) is 6.50. The molecule has 0 radical (unpaired) electrons. The van der Waals surface area contributed by atoms with Crippen LogP contribution in [0.5, 0.6) is 0 Å². The molecule has 5 heteroatoms. The van der Waals surface area contributed by atoms with E-state index in [-0.39, 0.29) is 11.4 Å². The summed E-state index contributed by atoms with van der Waals surface area (Å²) in [5.41, 5.74) is 3.12. The Morgan fingerprint density at radius 3 is 2.78 bits per heavy atom. The largest absolute Gasteiger partial charge is 0.324 e. The maximum absolute atomic E-state index is 12.7. The second-order valence-electron chi connectivity index (χ2n) is 7.59. The van der Waals surface area contributed by atoms with Gasteiger partial charge in [-0.25, -0.2) is 4.79 Å². The van der Waals surface area contributed by atoms with E-state index in [0.717, 1.165) is 49.5 Å². The van der Waals surface area contributed by atoms with E-state index in [0.29, 0.717) is 0 Å². The molecule has 140 valence electrons. The molecule has 2 N–H and O–H groups in total. The molecule has 1 aromatic carbocycles. The van der Waals surface area contributed by atoms with E-state index < -0.39 is 0 Å². The fourth-order valence-corrected chi connectivity index (χ4v) is 4.06. The van der Waals surface area contributed by atoms with E-state index in [1.54, 1.807) is 6.20 Å². The van der Waals surface area contributed by atoms with Gasteiger partial charge in [0.15, 0.2) is 0 Å². The van der Waals surface area contributed by atoms with Crippen molar-refractivity contribution in [3.05, 3.63) is 59.9 Å². The fraction of sp³-hybridized carbons (Fsp3) is 0.364. The Labute approximate surface area is 160 Å². The summed E-state index contributed by atoms with van der Waals surface area (Å²) in [6.45, 7) is 3.81. The lowest BCUT2D eigenvalue weighted by molar-refractivity contribution is 0.125. The number of amides is 2. The van der Waals surface area contributed by atoms with Crippen molar-refractivity contribution in [2.75, 3.05) is 31.5 Å². The van der Waals surface area contributed by atoms with Gasteiger partial charge >= 0.3 is 6.03 Å². The molecule has 2 fully saturated rings. The number of carbonyl (C=O) groups excluding carboxylic acids is 1.